The van der Waals surface area contributed by atoms with Crippen molar-refractivity contribution in [2.45, 2.75) is 37.9 Å². The molecule has 1 fully saturated rings. The van der Waals surface area contributed by atoms with Crippen LogP contribution >= 0.6 is 7.82 Å². The van der Waals surface area contributed by atoms with E-state index in [2.05, 4.69) is 4.98 Å². The number of phosphoric ester groups is 1. The molecule has 1 aromatic carbocycles. The van der Waals surface area contributed by atoms with E-state index >= 15 is 0 Å². The Bertz CT molecular complexity index is 1120. The molecule has 3 rings (SSSR count). The van der Waals surface area contributed by atoms with E-state index in [-0.39, 0.29) is 17.5 Å². The predicted molar refractivity (Wildman–Crippen MR) is 99.6 cm³/mol. The molecule has 30 heavy (non-hydrogen) atoms. The van der Waals surface area contributed by atoms with Gasteiger partial charge in [0.2, 0.25) is 0 Å². The third kappa shape index (κ3) is 4.56. The van der Waals surface area contributed by atoms with Gasteiger partial charge in [-0.15, -0.1) is 0 Å². The number of benzene rings is 1. The number of aliphatic hydroxyl groups is 1. The molecular formula is C16H18N3O10P. The number of para-hydroxylation sites is 1. The third-order valence-corrected chi connectivity index (χ3v) is 5.08. The number of aromatic amines is 1. The highest BCUT2D eigenvalue weighted by molar-refractivity contribution is 7.46. The number of nitrogens with zero attached hydrogens (tertiary/aromatic N) is 2. The van der Waals surface area contributed by atoms with Crippen molar-refractivity contribution >= 4 is 13.5 Å². The van der Waals surface area contributed by atoms with Gasteiger partial charge in [-0.1, -0.05) is 12.1 Å². The summed E-state index contributed by atoms with van der Waals surface area (Å²) in [5.41, 5.74) is -1.94. The summed E-state index contributed by atoms with van der Waals surface area (Å²) in [4.78, 5) is 55.0. The predicted octanol–water partition coefficient (Wildman–Crippen LogP) is 0.252. The molecule has 1 aromatic heterocycles. The van der Waals surface area contributed by atoms with Gasteiger partial charge >= 0.3 is 13.5 Å². The van der Waals surface area contributed by atoms with E-state index in [9.17, 15) is 39.2 Å². The second-order valence-electron chi connectivity index (χ2n) is 6.67. The monoisotopic (exact) mass is 443 g/mol. The van der Waals surface area contributed by atoms with Crippen LogP contribution in [0.3, 0.4) is 0 Å². The van der Waals surface area contributed by atoms with E-state index in [0.717, 1.165) is 10.6 Å². The number of phosphoric acid groups is 1. The van der Waals surface area contributed by atoms with Crippen LogP contribution in [0.1, 0.15) is 29.9 Å². The van der Waals surface area contributed by atoms with Crippen LogP contribution in [0, 0.1) is 17.0 Å². The van der Waals surface area contributed by atoms with Gasteiger partial charge in [-0.3, -0.25) is 29.0 Å². The number of aryl methyl sites for hydroxylation is 1. The average molecular weight is 443 g/mol. The van der Waals surface area contributed by atoms with Crippen molar-refractivity contribution < 1.29 is 33.6 Å². The summed E-state index contributed by atoms with van der Waals surface area (Å²) in [6, 6.07) is 5.08. The van der Waals surface area contributed by atoms with Gasteiger partial charge in [-0.05, 0) is 13.0 Å². The quantitative estimate of drug-likeness (QED) is 0.273. The lowest BCUT2D eigenvalue weighted by Gasteiger charge is -2.26. The fourth-order valence-electron chi connectivity index (χ4n) is 3.26. The van der Waals surface area contributed by atoms with E-state index < -0.39 is 54.2 Å². The molecule has 13 nitrogen and oxygen atoms in total. The zero-order valence-electron chi connectivity index (χ0n) is 15.4. The summed E-state index contributed by atoms with van der Waals surface area (Å²) in [6.07, 6.45) is -4.67. The third-order valence-electron chi connectivity index (χ3n) is 4.58. The zero-order valence-corrected chi connectivity index (χ0v) is 16.3. The number of ether oxygens (including phenoxy) is 1. The van der Waals surface area contributed by atoms with Gasteiger partial charge in [0, 0.05) is 24.2 Å². The molecule has 2 heterocycles. The Balaban J connectivity index is 2.02. The van der Waals surface area contributed by atoms with Crippen molar-refractivity contribution in [1.82, 2.24) is 9.55 Å². The van der Waals surface area contributed by atoms with Gasteiger partial charge in [-0.2, -0.15) is 0 Å². The highest BCUT2D eigenvalue weighted by Crippen LogP contribution is 2.48. The Hall–Kier alpha value is -2.67. The van der Waals surface area contributed by atoms with Gasteiger partial charge in [0.1, 0.15) is 18.4 Å². The van der Waals surface area contributed by atoms with E-state index in [1.165, 1.54) is 31.3 Å². The number of aromatic nitrogens is 2. The fraction of sp³-hybridized carbons (Fsp3) is 0.375. The van der Waals surface area contributed by atoms with Crippen LogP contribution in [0.15, 0.2) is 40.1 Å². The van der Waals surface area contributed by atoms with Gasteiger partial charge in [0.05, 0.1) is 16.6 Å². The van der Waals surface area contributed by atoms with Crippen molar-refractivity contribution in [1.29, 1.82) is 0 Å². The molecule has 162 valence electrons. The minimum Gasteiger partial charge on any atom is -0.390 e. The van der Waals surface area contributed by atoms with E-state index in [1.54, 1.807) is 0 Å². The molecular weight excluding hydrogens is 425 g/mol. The molecule has 0 radical (unpaired) electrons. The van der Waals surface area contributed by atoms with E-state index in [4.69, 9.17) is 9.26 Å². The first-order valence-electron chi connectivity index (χ1n) is 8.61. The first-order chi connectivity index (χ1) is 14.0. The van der Waals surface area contributed by atoms with Crippen LogP contribution < -0.4 is 11.2 Å². The number of rotatable bonds is 6. The van der Waals surface area contributed by atoms with Gasteiger partial charge in [-0.25, -0.2) is 9.36 Å². The number of hydrogen-bond acceptors (Lipinski definition) is 8. The summed E-state index contributed by atoms with van der Waals surface area (Å²) < 4.78 is 22.9. The summed E-state index contributed by atoms with van der Waals surface area (Å²) >= 11 is 0. The summed E-state index contributed by atoms with van der Waals surface area (Å²) in [7, 11) is -5.16. The maximum absolute atomic E-state index is 12.1. The summed E-state index contributed by atoms with van der Waals surface area (Å²) in [6.45, 7) is 1.45. The molecule has 4 atom stereocenters. The lowest BCUT2D eigenvalue weighted by molar-refractivity contribution is -0.386. The molecule has 1 saturated heterocycles. The molecule has 0 bridgehead atoms. The average Bonchev–Trinajstić information content (AvgIpc) is 3.03. The van der Waals surface area contributed by atoms with Crippen LogP contribution in [-0.2, 0) is 13.8 Å². The minimum absolute atomic E-state index is 0.192. The molecule has 0 aliphatic carbocycles. The largest absolute Gasteiger partial charge is 0.470 e. The SMILES string of the molecule is Cc1cn([C@H]2C[C@H](O)[C@@H](C(OP(=O)(O)O)c3ccccc3[N+](=O)[O-])O2)c(=O)[nH]c1=O. The summed E-state index contributed by atoms with van der Waals surface area (Å²) in [5, 5.41) is 21.8. The number of nitro benzene ring substituents is 1. The molecule has 0 spiro atoms. The van der Waals surface area contributed by atoms with Crippen LogP contribution in [0.5, 0.6) is 0 Å². The van der Waals surface area contributed by atoms with Gasteiger partial charge in [0.15, 0.2) is 0 Å². The maximum atomic E-state index is 12.1. The van der Waals surface area contributed by atoms with Gasteiger partial charge < -0.3 is 19.6 Å². The maximum Gasteiger partial charge on any atom is 0.470 e. The van der Waals surface area contributed by atoms with Crippen molar-refractivity contribution in [3.05, 3.63) is 72.5 Å². The Morgan fingerprint density at radius 1 is 1.37 bits per heavy atom. The molecule has 1 aliphatic rings. The van der Waals surface area contributed by atoms with Crippen LogP contribution in [0.25, 0.3) is 0 Å². The van der Waals surface area contributed by atoms with E-state index in [1.807, 2.05) is 0 Å². The summed E-state index contributed by atoms with van der Waals surface area (Å²) in [5.74, 6) is 0. The van der Waals surface area contributed by atoms with Crippen LogP contribution in [0.2, 0.25) is 0 Å². The highest BCUT2D eigenvalue weighted by atomic mass is 31.2. The Labute approximate surface area is 167 Å². The molecule has 1 unspecified atom stereocenters. The normalized spacial score (nSPS) is 22.7. The van der Waals surface area contributed by atoms with Crippen molar-refractivity contribution in [3.63, 3.8) is 0 Å². The molecule has 1 aliphatic heterocycles. The Morgan fingerprint density at radius 3 is 2.67 bits per heavy atom. The number of nitrogens with one attached hydrogen (secondary N) is 1. The molecule has 2 aromatic rings. The molecule has 14 heteroatoms. The Kier molecular flexibility index (Phi) is 6.04. The first kappa shape index (κ1) is 22.0. The van der Waals surface area contributed by atoms with E-state index in [0.29, 0.717) is 0 Å². The lowest BCUT2D eigenvalue weighted by Crippen LogP contribution is -2.34. The minimum atomic E-state index is -5.16. The van der Waals surface area contributed by atoms with Crippen LogP contribution in [-0.4, -0.2) is 41.6 Å². The highest BCUT2D eigenvalue weighted by Gasteiger charge is 2.45. The first-order valence-corrected chi connectivity index (χ1v) is 10.1. The molecule has 4 N–H and O–H groups in total. The number of H-pyrrole nitrogens is 1. The number of aliphatic hydroxyl groups excluding tert-OH is 1. The lowest BCUT2D eigenvalue weighted by atomic mass is 9.99. The molecule has 0 amide bonds. The zero-order chi connectivity index (χ0) is 22.2. The Morgan fingerprint density at radius 2 is 2.03 bits per heavy atom. The van der Waals surface area contributed by atoms with Crippen molar-refractivity contribution in [2.75, 3.05) is 0 Å². The van der Waals surface area contributed by atoms with Crippen molar-refractivity contribution in [3.8, 4) is 0 Å². The second-order valence-corrected chi connectivity index (χ2v) is 7.86. The van der Waals surface area contributed by atoms with Gasteiger partial charge in [0.25, 0.3) is 11.2 Å². The number of hydrogen-bond donors (Lipinski definition) is 4. The molecule has 0 saturated carbocycles. The second kappa shape index (κ2) is 8.22. The topological polar surface area (TPSA) is 194 Å². The fourth-order valence-corrected chi connectivity index (χ4v) is 3.79. The number of nitro groups is 1. The smallest absolute Gasteiger partial charge is 0.390 e. The van der Waals surface area contributed by atoms with Crippen LogP contribution in [0.4, 0.5) is 5.69 Å². The van der Waals surface area contributed by atoms with Crippen molar-refractivity contribution in [2.24, 2.45) is 0 Å². The standard InChI is InChI=1S/C16H18N3O10P/c1-8-7-18(16(22)17-15(8)21)12-6-11(20)14(28-12)13(29-30(25,26)27)9-4-2-3-5-10(9)19(23)24/h2-5,7,11-14,20H,6H2,1H3,(H,17,21,22)(H2,25,26,27)/t11-,12+,13?,14-/m0/s1.